The van der Waals surface area contributed by atoms with Crippen LogP contribution in [0.4, 0.5) is 0 Å². The molecule has 1 nitrogen and oxygen atoms in total. The third kappa shape index (κ3) is 3.94. The summed E-state index contributed by atoms with van der Waals surface area (Å²) >= 11 is 0. The number of hydrogen-bond acceptors (Lipinski definition) is 1. The van der Waals surface area contributed by atoms with E-state index < -0.39 is 0 Å². The van der Waals surface area contributed by atoms with Gasteiger partial charge in [-0.15, -0.1) is 0 Å². The third-order valence-electron chi connectivity index (χ3n) is 10.6. The fourth-order valence-corrected chi connectivity index (χ4v) is 8.21. The fourth-order valence-electron chi connectivity index (χ4n) is 8.21. The van der Waals surface area contributed by atoms with E-state index in [2.05, 4.69) is 170 Å². The zero-order valence-electron chi connectivity index (χ0n) is 26.6. The van der Waals surface area contributed by atoms with E-state index in [1.54, 1.807) is 0 Å². The fraction of sp³-hybridized carbons (Fsp3) is 0. The summed E-state index contributed by atoms with van der Waals surface area (Å²) in [6, 6.07) is 62.1. The molecule has 0 atom stereocenters. The Labute approximate surface area is 282 Å². The van der Waals surface area contributed by atoms with Crippen LogP contribution in [-0.4, -0.2) is 0 Å². The average molecular weight is 621 g/mol. The Bertz CT molecular complexity index is 3070. The summed E-state index contributed by atoms with van der Waals surface area (Å²) in [5.41, 5.74) is 8.96. The molecule has 0 fully saturated rings. The zero-order chi connectivity index (χ0) is 32.1. The quantitative estimate of drug-likeness (QED) is 0.179. The first-order valence-corrected chi connectivity index (χ1v) is 16.9. The van der Waals surface area contributed by atoms with Crippen LogP contribution in [-0.2, 0) is 0 Å². The summed E-state index contributed by atoms with van der Waals surface area (Å²) in [5, 5.41) is 14.9. The van der Waals surface area contributed by atoms with Crippen molar-refractivity contribution >= 4 is 75.8 Å². The third-order valence-corrected chi connectivity index (χ3v) is 10.6. The smallest absolute Gasteiger partial charge is 0.143 e. The minimum absolute atomic E-state index is 0.911. The van der Waals surface area contributed by atoms with Crippen molar-refractivity contribution in [1.29, 1.82) is 0 Å². The van der Waals surface area contributed by atoms with Crippen molar-refractivity contribution in [2.75, 3.05) is 0 Å². The standard InChI is InChI=1S/C48H28O/c1-2-7-29(8-3-1)35-15-16-37-26-38(18-17-36(37)25-35)39-23-24-42(47-43-27-33-9-4-5-10-34(33)28-44(43)49-48(39)47)40-21-19-32-14-13-30-11-6-12-31-20-22-41(40)46(32)45(30)31/h1-28H. The lowest BCUT2D eigenvalue weighted by atomic mass is 9.87. The highest BCUT2D eigenvalue weighted by Crippen LogP contribution is 2.46. The zero-order valence-corrected chi connectivity index (χ0v) is 26.6. The Kier molecular flexibility index (Phi) is 5.45. The molecule has 0 radical (unpaired) electrons. The maximum atomic E-state index is 6.92. The Hall–Kier alpha value is -6.44. The van der Waals surface area contributed by atoms with Crippen molar-refractivity contribution in [2.24, 2.45) is 0 Å². The molecule has 1 heteroatoms. The van der Waals surface area contributed by atoms with Gasteiger partial charge >= 0.3 is 0 Å². The molecule has 11 rings (SSSR count). The molecule has 11 aromatic rings. The lowest BCUT2D eigenvalue weighted by Gasteiger charge is -2.15. The number of rotatable bonds is 3. The van der Waals surface area contributed by atoms with Gasteiger partial charge in [-0.1, -0.05) is 140 Å². The van der Waals surface area contributed by atoms with Crippen LogP contribution in [0.1, 0.15) is 0 Å². The van der Waals surface area contributed by atoms with Gasteiger partial charge in [0.25, 0.3) is 0 Å². The molecule has 1 aromatic heterocycles. The van der Waals surface area contributed by atoms with E-state index in [0.29, 0.717) is 0 Å². The van der Waals surface area contributed by atoms with E-state index in [0.717, 1.165) is 33.1 Å². The van der Waals surface area contributed by atoms with Crippen molar-refractivity contribution in [2.45, 2.75) is 0 Å². The minimum atomic E-state index is 0.911. The molecular formula is C48H28O. The van der Waals surface area contributed by atoms with Crippen LogP contribution in [0, 0.1) is 0 Å². The lowest BCUT2D eigenvalue weighted by molar-refractivity contribution is 0.670. The molecule has 0 saturated heterocycles. The molecule has 0 aliphatic carbocycles. The van der Waals surface area contributed by atoms with Gasteiger partial charge in [0.1, 0.15) is 11.2 Å². The van der Waals surface area contributed by atoms with Crippen molar-refractivity contribution in [3.05, 3.63) is 170 Å². The number of fused-ring (bicyclic) bond motifs is 5. The Morgan fingerprint density at radius 3 is 1.67 bits per heavy atom. The van der Waals surface area contributed by atoms with Gasteiger partial charge in [0, 0.05) is 16.3 Å². The maximum Gasteiger partial charge on any atom is 0.143 e. The van der Waals surface area contributed by atoms with Crippen LogP contribution in [0.3, 0.4) is 0 Å². The van der Waals surface area contributed by atoms with Gasteiger partial charge in [-0.25, -0.2) is 0 Å². The molecular weight excluding hydrogens is 593 g/mol. The predicted octanol–water partition coefficient (Wildman–Crippen LogP) is 13.8. The summed E-state index contributed by atoms with van der Waals surface area (Å²) in [6.07, 6.45) is 0. The monoisotopic (exact) mass is 620 g/mol. The van der Waals surface area contributed by atoms with Crippen LogP contribution >= 0.6 is 0 Å². The molecule has 0 aliphatic rings. The molecule has 10 aromatic carbocycles. The van der Waals surface area contributed by atoms with Gasteiger partial charge in [-0.05, 0) is 112 Å². The van der Waals surface area contributed by atoms with Crippen LogP contribution in [0.15, 0.2) is 174 Å². The summed E-state index contributed by atoms with van der Waals surface area (Å²) < 4.78 is 6.92. The molecule has 1 heterocycles. The van der Waals surface area contributed by atoms with Crippen molar-refractivity contribution in [1.82, 2.24) is 0 Å². The largest absolute Gasteiger partial charge is 0.455 e. The highest BCUT2D eigenvalue weighted by Gasteiger charge is 2.20. The lowest BCUT2D eigenvalue weighted by Crippen LogP contribution is -1.89. The summed E-state index contributed by atoms with van der Waals surface area (Å²) in [4.78, 5) is 0. The highest BCUT2D eigenvalue weighted by atomic mass is 16.3. The highest BCUT2D eigenvalue weighted by molar-refractivity contribution is 6.27. The summed E-state index contributed by atoms with van der Waals surface area (Å²) in [5.74, 6) is 0. The van der Waals surface area contributed by atoms with Crippen LogP contribution < -0.4 is 0 Å². The van der Waals surface area contributed by atoms with Gasteiger partial charge in [0.2, 0.25) is 0 Å². The Morgan fingerprint density at radius 2 is 0.857 bits per heavy atom. The molecule has 0 N–H and O–H groups in total. The van der Waals surface area contributed by atoms with Crippen LogP contribution in [0.5, 0.6) is 0 Å². The minimum Gasteiger partial charge on any atom is -0.455 e. The number of benzene rings is 10. The topological polar surface area (TPSA) is 13.1 Å². The second-order valence-corrected chi connectivity index (χ2v) is 13.3. The average Bonchev–Trinajstić information content (AvgIpc) is 3.54. The van der Waals surface area contributed by atoms with Gasteiger partial charge < -0.3 is 4.42 Å². The molecule has 0 saturated carbocycles. The molecule has 0 spiro atoms. The second kappa shape index (κ2) is 10.0. The van der Waals surface area contributed by atoms with Gasteiger partial charge in [0.15, 0.2) is 0 Å². The Balaban J connectivity index is 1.18. The van der Waals surface area contributed by atoms with Crippen molar-refractivity contribution < 1.29 is 4.42 Å². The molecule has 49 heavy (non-hydrogen) atoms. The van der Waals surface area contributed by atoms with E-state index >= 15 is 0 Å². The van der Waals surface area contributed by atoms with E-state index in [4.69, 9.17) is 4.42 Å². The first kappa shape index (κ1) is 26.6. The van der Waals surface area contributed by atoms with Crippen LogP contribution in [0.25, 0.3) is 109 Å². The predicted molar refractivity (Wildman–Crippen MR) is 209 cm³/mol. The first-order valence-electron chi connectivity index (χ1n) is 16.9. The van der Waals surface area contributed by atoms with Gasteiger partial charge in [0.05, 0.1) is 0 Å². The van der Waals surface area contributed by atoms with Crippen molar-refractivity contribution in [3.63, 3.8) is 0 Å². The Morgan fingerprint density at radius 1 is 0.286 bits per heavy atom. The van der Waals surface area contributed by atoms with E-state index in [1.807, 2.05) is 0 Å². The van der Waals surface area contributed by atoms with E-state index in [9.17, 15) is 0 Å². The van der Waals surface area contributed by atoms with Crippen molar-refractivity contribution in [3.8, 4) is 33.4 Å². The second-order valence-electron chi connectivity index (χ2n) is 13.3. The van der Waals surface area contributed by atoms with Gasteiger partial charge in [-0.3, -0.25) is 0 Å². The maximum absolute atomic E-state index is 6.92. The normalized spacial score (nSPS) is 12.1. The summed E-state index contributed by atoms with van der Waals surface area (Å²) in [7, 11) is 0. The molecule has 0 unspecified atom stereocenters. The molecule has 226 valence electrons. The number of furan rings is 1. The molecule has 0 amide bonds. The number of hydrogen-bond donors (Lipinski definition) is 0. The SMILES string of the molecule is c1ccc(-c2ccc3cc(-c4ccc(-c5ccc6ccc7cccc8ccc5c6c78)c5c4oc4cc6ccccc6cc45)ccc3c2)cc1. The summed E-state index contributed by atoms with van der Waals surface area (Å²) in [6.45, 7) is 0. The molecule has 0 bridgehead atoms. The first-order chi connectivity index (χ1) is 24.3. The van der Waals surface area contributed by atoms with E-state index in [1.165, 1.54) is 76.1 Å². The molecule has 0 aliphatic heterocycles. The van der Waals surface area contributed by atoms with Gasteiger partial charge in [-0.2, -0.15) is 0 Å². The van der Waals surface area contributed by atoms with Crippen LogP contribution in [0.2, 0.25) is 0 Å². The van der Waals surface area contributed by atoms with E-state index in [-0.39, 0.29) is 0 Å².